The number of halogens is 3. The highest BCUT2D eigenvalue weighted by Crippen LogP contribution is 2.50. The monoisotopic (exact) mass is 512 g/mol. The van der Waals surface area contributed by atoms with Gasteiger partial charge in [0.05, 0.1) is 12.1 Å². The smallest absolute Gasteiger partial charge is 0.343 e. The Bertz CT molecular complexity index is 1140. The van der Waals surface area contributed by atoms with E-state index < -0.39 is 28.5 Å². The molecule has 4 aliphatic rings. The molecule has 11 heteroatoms. The number of rotatable bonds is 4. The lowest BCUT2D eigenvalue weighted by atomic mass is 9.79. The van der Waals surface area contributed by atoms with Crippen LogP contribution in [0.5, 0.6) is 0 Å². The number of nitrogens with zero attached hydrogens (tertiary/aromatic N) is 3. The van der Waals surface area contributed by atoms with Gasteiger partial charge in [-0.15, -0.1) is 0 Å². The second-order valence-electron chi connectivity index (χ2n) is 10.4. The van der Waals surface area contributed by atoms with E-state index in [2.05, 4.69) is 21.8 Å². The summed E-state index contributed by atoms with van der Waals surface area (Å²) in [5.41, 5.74) is 2.46. The molecular weight excluding hydrogens is 481 g/mol. The van der Waals surface area contributed by atoms with Crippen LogP contribution in [0.2, 0.25) is 0 Å². The second-order valence-corrected chi connectivity index (χ2v) is 12.1. The number of hydrogen-bond acceptors (Lipinski definition) is 4. The topological polar surface area (TPSA) is 73.0 Å². The van der Waals surface area contributed by atoms with Crippen LogP contribution in [0.3, 0.4) is 0 Å². The van der Waals surface area contributed by atoms with Gasteiger partial charge in [0.15, 0.2) is 0 Å². The number of amides is 1. The first kappa shape index (κ1) is 24.7. The molecule has 2 aliphatic heterocycles. The van der Waals surface area contributed by atoms with E-state index in [1.54, 1.807) is 4.90 Å². The number of fused-ring (bicyclic) bond motifs is 1. The lowest BCUT2D eigenvalue weighted by molar-refractivity contribution is -0.136. The van der Waals surface area contributed by atoms with E-state index >= 15 is 0 Å². The summed E-state index contributed by atoms with van der Waals surface area (Å²) >= 11 is 0. The molecule has 2 saturated heterocycles. The largest absolute Gasteiger partial charge is 0.402 e. The van der Waals surface area contributed by atoms with Gasteiger partial charge in [-0.2, -0.15) is 30.6 Å². The molecule has 0 unspecified atom stereocenters. The molecule has 0 aromatic heterocycles. The second kappa shape index (κ2) is 8.86. The molecule has 1 N–H and O–H groups in total. The lowest BCUT2D eigenvalue weighted by Crippen LogP contribution is -2.52. The normalized spacial score (nSPS) is 31.4. The number of nitrogens with one attached hydrogen (secondary N) is 1. The summed E-state index contributed by atoms with van der Waals surface area (Å²) in [5, 5.41) is 0. The Morgan fingerprint density at radius 2 is 1.86 bits per heavy atom. The van der Waals surface area contributed by atoms with Gasteiger partial charge >= 0.3 is 6.18 Å². The predicted molar refractivity (Wildman–Crippen MR) is 126 cm³/mol. The Morgan fingerprint density at radius 3 is 2.54 bits per heavy atom. The van der Waals surface area contributed by atoms with Gasteiger partial charge < -0.3 is 4.90 Å². The molecule has 192 valence electrons. The molecule has 35 heavy (non-hydrogen) atoms. The zero-order chi connectivity index (χ0) is 25.0. The van der Waals surface area contributed by atoms with E-state index in [1.807, 2.05) is 25.3 Å². The van der Waals surface area contributed by atoms with Crippen molar-refractivity contribution in [2.45, 2.75) is 37.4 Å². The van der Waals surface area contributed by atoms with Crippen molar-refractivity contribution in [3.8, 4) is 0 Å². The van der Waals surface area contributed by atoms with Crippen molar-refractivity contribution >= 4 is 22.2 Å². The first-order chi connectivity index (χ1) is 16.5. The third-order valence-electron chi connectivity index (χ3n) is 8.15. The zero-order valence-corrected chi connectivity index (χ0v) is 20.5. The maximum Gasteiger partial charge on any atom is 0.402 e. The quantitative estimate of drug-likeness (QED) is 0.671. The molecule has 2 heterocycles. The van der Waals surface area contributed by atoms with Crippen molar-refractivity contribution in [2.75, 3.05) is 46.3 Å². The van der Waals surface area contributed by atoms with Crippen LogP contribution in [0, 0.1) is 11.8 Å². The van der Waals surface area contributed by atoms with Crippen LogP contribution < -0.4 is 4.72 Å². The number of carbonyl (C=O) groups excluding carboxylic acids is 1. The van der Waals surface area contributed by atoms with Crippen molar-refractivity contribution in [2.24, 2.45) is 11.8 Å². The fraction of sp³-hybridized carbons (Fsp3) is 0.625. The van der Waals surface area contributed by atoms with E-state index in [0.29, 0.717) is 30.2 Å². The molecule has 1 saturated carbocycles. The highest BCUT2D eigenvalue weighted by molar-refractivity contribution is 7.87. The fourth-order valence-corrected chi connectivity index (χ4v) is 7.98. The number of piperazine rings is 1. The highest BCUT2D eigenvalue weighted by atomic mass is 32.2. The van der Waals surface area contributed by atoms with Gasteiger partial charge in [-0.3, -0.25) is 9.69 Å². The van der Waals surface area contributed by atoms with E-state index in [1.165, 1.54) is 0 Å². The molecule has 5 rings (SSSR count). The Kier molecular flexibility index (Phi) is 6.26. The van der Waals surface area contributed by atoms with Gasteiger partial charge in [0.1, 0.15) is 6.54 Å². The van der Waals surface area contributed by atoms with Gasteiger partial charge in [0.25, 0.3) is 10.2 Å². The Labute approximate surface area is 204 Å². The summed E-state index contributed by atoms with van der Waals surface area (Å²) in [6.07, 6.45) is 2.40. The van der Waals surface area contributed by atoms with Crippen molar-refractivity contribution < 1.29 is 26.4 Å². The molecule has 2 bridgehead atoms. The first-order valence-corrected chi connectivity index (χ1v) is 13.5. The Balaban J connectivity index is 1.31. The van der Waals surface area contributed by atoms with Gasteiger partial charge in [0.2, 0.25) is 5.91 Å². The third kappa shape index (κ3) is 4.87. The van der Waals surface area contributed by atoms with Crippen molar-refractivity contribution in [1.82, 2.24) is 18.8 Å². The number of hydrogen-bond donors (Lipinski definition) is 1. The minimum Gasteiger partial charge on any atom is -0.343 e. The zero-order valence-electron chi connectivity index (χ0n) is 19.7. The first-order valence-electron chi connectivity index (χ1n) is 12.1. The molecule has 0 radical (unpaired) electrons. The Hall–Kier alpha value is -1.95. The summed E-state index contributed by atoms with van der Waals surface area (Å²) in [6, 6.07) is 6.22. The number of benzene rings is 1. The van der Waals surface area contributed by atoms with Crippen LogP contribution in [0.15, 0.2) is 24.3 Å². The Morgan fingerprint density at radius 1 is 1.14 bits per heavy atom. The third-order valence-corrected chi connectivity index (χ3v) is 9.72. The van der Waals surface area contributed by atoms with Gasteiger partial charge in [-0.25, -0.2) is 0 Å². The van der Waals surface area contributed by atoms with E-state index in [-0.39, 0.29) is 24.3 Å². The van der Waals surface area contributed by atoms with E-state index in [9.17, 15) is 26.4 Å². The summed E-state index contributed by atoms with van der Waals surface area (Å²) in [5.74, 6) is 0.0465. The molecule has 1 spiro atoms. The maximum absolute atomic E-state index is 13.1. The lowest BCUT2D eigenvalue weighted by Gasteiger charge is -2.33. The summed E-state index contributed by atoms with van der Waals surface area (Å²) < 4.78 is 67.7. The van der Waals surface area contributed by atoms with Crippen LogP contribution in [-0.4, -0.2) is 86.5 Å². The molecule has 2 aliphatic carbocycles. The van der Waals surface area contributed by atoms with Crippen LogP contribution >= 0.6 is 0 Å². The number of likely N-dealkylation sites (N-methyl/N-ethyl adjacent to an activating group) is 1. The van der Waals surface area contributed by atoms with Crippen LogP contribution in [0.25, 0.3) is 6.08 Å². The number of alkyl halides is 3. The summed E-state index contributed by atoms with van der Waals surface area (Å²) in [7, 11) is -2.36. The van der Waals surface area contributed by atoms with E-state index in [0.717, 1.165) is 42.6 Å². The standard InChI is InChI=1S/C24H31F3N4O3S/c1-29-9-10-30(14-22(29)32)8-2-3-17-4-5-18-12-20-6-7-21(13-19(18)11-17)23(20)15-31(16-24(25,26)27)35(33,34)28-23/h2-5,11,20-21,28H,6-10,12-16H2,1H3/b3-2+/t20-,21+,23+/m0/s1. The molecule has 1 amide bonds. The summed E-state index contributed by atoms with van der Waals surface area (Å²) in [4.78, 5) is 15.7. The maximum atomic E-state index is 13.1. The van der Waals surface area contributed by atoms with Crippen LogP contribution in [0.1, 0.15) is 29.5 Å². The molecular formula is C24H31F3N4O3S. The summed E-state index contributed by atoms with van der Waals surface area (Å²) in [6.45, 7) is 1.07. The average molecular weight is 513 g/mol. The minimum absolute atomic E-state index is 0.0297. The van der Waals surface area contributed by atoms with E-state index in [4.69, 9.17) is 0 Å². The molecule has 1 aromatic rings. The van der Waals surface area contributed by atoms with Crippen LogP contribution in [-0.2, 0) is 27.8 Å². The van der Waals surface area contributed by atoms with Gasteiger partial charge in [-0.05, 0) is 54.2 Å². The molecule has 7 nitrogen and oxygen atoms in total. The van der Waals surface area contributed by atoms with Gasteiger partial charge in [0, 0.05) is 33.2 Å². The molecule has 1 aromatic carbocycles. The van der Waals surface area contributed by atoms with Crippen molar-refractivity contribution in [3.05, 3.63) is 41.0 Å². The van der Waals surface area contributed by atoms with Crippen molar-refractivity contribution in [1.29, 1.82) is 0 Å². The fourth-order valence-electron chi connectivity index (χ4n) is 6.27. The average Bonchev–Trinajstić information content (AvgIpc) is 3.14. The van der Waals surface area contributed by atoms with Gasteiger partial charge in [-0.1, -0.05) is 30.4 Å². The predicted octanol–water partition coefficient (Wildman–Crippen LogP) is 2.05. The molecule has 3 atom stereocenters. The van der Waals surface area contributed by atoms with Crippen molar-refractivity contribution in [3.63, 3.8) is 0 Å². The number of carbonyl (C=O) groups is 1. The molecule has 3 fully saturated rings. The van der Waals surface area contributed by atoms with Crippen LogP contribution in [0.4, 0.5) is 13.2 Å². The minimum atomic E-state index is -4.58. The highest BCUT2D eigenvalue weighted by Gasteiger charge is 2.60. The SMILES string of the molecule is CN1CCN(C/C=C/c2ccc3c(c2)C[C@H]2CC[C@@H](C3)[C@]23CN(CC(F)(F)F)S(=O)(=O)N3)CC1=O.